The average molecular weight is 638 g/mol. The van der Waals surface area contributed by atoms with E-state index in [-0.39, 0.29) is 17.7 Å². The Balaban J connectivity index is 1.67. The first-order valence-corrected chi connectivity index (χ1v) is 14.2. The van der Waals surface area contributed by atoms with Gasteiger partial charge in [0.2, 0.25) is 0 Å². The van der Waals surface area contributed by atoms with Crippen LogP contribution < -0.4 is 19.6 Å². The first kappa shape index (κ1) is 28.3. The van der Waals surface area contributed by atoms with E-state index >= 15 is 0 Å². The molecule has 0 radical (unpaired) electrons. The van der Waals surface area contributed by atoms with Gasteiger partial charge in [0, 0.05) is 21.7 Å². The first-order valence-electron chi connectivity index (χ1n) is 12.6. The number of rotatable bonds is 7. The number of halogens is 1. The number of ether oxygens (including phenoxy) is 3. The summed E-state index contributed by atoms with van der Waals surface area (Å²) in [5.74, 6) is 0.312. The smallest absolute Gasteiger partial charge is 0.338 e. The van der Waals surface area contributed by atoms with Gasteiger partial charge in [-0.15, -0.1) is 0 Å². The van der Waals surface area contributed by atoms with Crippen molar-refractivity contribution < 1.29 is 28.2 Å². The van der Waals surface area contributed by atoms with Crippen LogP contribution >= 0.6 is 27.3 Å². The van der Waals surface area contributed by atoms with Crippen molar-refractivity contribution in [3.05, 3.63) is 107 Å². The number of allylic oxidation sites excluding steroid dienone is 1. The predicted molar refractivity (Wildman–Crippen MR) is 157 cm³/mol. The molecular formula is C30H25BrN2O7S. The Morgan fingerprint density at radius 3 is 2.63 bits per heavy atom. The zero-order chi connectivity index (χ0) is 29.3. The number of furan rings is 1. The number of carbonyl (C=O) groups is 2. The normalized spacial score (nSPS) is 14.9. The molecule has 0 aliphatic carbocycles. The monoisotopic (exact) mass is 636 g/mol. The van der Waals surface area contributed by atoms with Gasteiger partial charge in [0.15, 0.2) is 4.80 Å². The van der Waals surface area contributed by atoms with Gasteiger partial charge in [0.25, 0.3) is 5.56 Å². The van der Waals surface area contributed by atoms with E-state index in [4.69, 9.17) is 18.6 Å². The molecule has 0 saturated heterocycles. The second-order valence-corrected chi connectivity index (χ2v) is 10.9. The minimum absolute atomic E-state index is 0.169. The lowest BCUT2D eigenvalue weighted by molar-refractivity contribution is -0.139. The molecule has 2 aromatic carbocycles. The molecule has 0 saturated carbocycles. The Hall–Kier alpha value is -4.22. The van der Waals surface area contributed by atoms with Gasteiger partial charge >= 0.3 is 11.9 Å². The highest BCUT2D eigenvalue weighted by molar-refractivity contribution is 9.10. The van der Waals surface area contributed by atoms with Crippen LogP contribution in [0.15, 0.2) is 84.5 Å². The number of fused-ring (bicyclic) bond motifs is 1. The molecule has 9 nitrogen and oxygen atoms in total. The molecule has 0 fully saturated rings. The van der Waals surface area contributed by atoms with Gasteiger partial charge in [-0.05, 0) is 50.2 Å². The largest absolute Gasteiger partial charge is 0.496 e. The van der Waals surface area contributed by atoms with E-state index < -0.39 is 18.0 Å². The van der Waals surface area contributed by atoms with E-state index in [1.165, 1.54) is 30.1 Å². The Morgan fingerprint density at radius 1 is 1.12 bits per heavy atom. The molecule has 4 aromatic rings. The Morgan fingerprint density at radius 2 is 1.90 bits per heavy atom. The lowest BCUT2D eigenvalue weighted by Crippen LogP contribution is -2.40. The summed E-state index contributed by atoms with van der Waals surface area (Å²) in [7, 11) is 2.85. The number of benzene rings is 2. The number of hydrogen-bond acceptors (Lipinski definition) is 9. The number of esters is 2. The first-order chi connectivity index (χ1) is 19.8. The fourth-order valence-electron chi connectivity index (χ4n) is 4.69. The lowest BCUT2D eigenvalue weighted by Gasteiger charge is -2.26. The van der Waals surface area contributed by atoms with Crippen LogP contribution in [0.1, 0.15) is 41.6 Å². The molecule has 1 aliphatic rings. The predicted octanol–water partition coefficient (Wildman–Crippen LogP) is 4.62. The van der Waals surface area contributed by atoms with Gasteiger partial charge < -0.3 is 18.6 Å². The molecule has 0 bridgehead atoms. The van der Waals surface area contributed by atoms with Crippen molar-refractivity contribution in [2.24, 2.45) is 4.99 Å². The molecule has 0 unspecified atom stereocenters. The van der Waals surface area contributed by atoms with Crippen LogP contribution in [0.2, 0.25) is 0 Å². The molecule has 3 heterocycles. The number of methoxy groups -OCH3 is 2. The van der Waals surface area contributed by atoms with Gasteiger partial charge in [0.1, 0.15) is 23.3 Å². The zero-order valence-electron chi connectivity index (χ0n) is 22.6. The number of aromatic nitrogens is 1. The van der Waals surface area contributed by atoms with Gasteiger partial charge in [-0.25, -0.2) is 14.6 Å². The SMILES string of the molecule is CCOC(=O)C1=C(C)N=c2s/c(=C\c3ccc(-c4ccccc4C(=O)OC)o3)c(=O)n2[C@H]1c1cc(Br)ccc1OC. The summed E-state index contributed by atoms with van der Waals surface area (Å²) in [6, 6.07) is 15.0. The summed E-state index contributed by atoms with van der Waals surface area (Å²) >= 11 is 4.68. The third kappa shape index (κ3) is 5.30. The number of carbonyl (C=O) groups excluding carboxylic acids is 2. The summed E-state index contributed by atoms with van der Waals surface area (Å²) in [5.41, 5.74) is 1.87. The van der Waals surface area contributed by atoms with Gasteiger partial charge in [0.05, 0.1) is 42.2 Å². The number of nitrogens with zero attached hydrogens (tertiary/aromatic N) is 2. The van der Waals surface area contributed by atoms with Crippen LogP contribution in [0.4, 0.5) is 0 Å². The van der Waals surface area contributed by atoms with Crippen LogP contribution in [-0.2, 0) is 14.3 Å². The summed E-state index contributed by atoms with van der Waals surface area (Å²) < 4.78 is 24.5. The molecule has 41 heavy (non-hydrogen) atoms. The summed E-state index contributed by atoms with van der Waals surface area (Å²) in [4.78, 5) is 44.4. The van der Waals surface area contributed by atoms with E-state index in [1.807, 2.05) is 12.1 Å². The maximum absolute atomic E-state index is 13.9. The van der Waals surface area contributed by atoms with E-state index in [0.29, 0.717) is 49.0 Å². The Labute approximate surface area is 247 Å². The van der Waals surface area contributed by atoms with Crippen molar-refractivity contribution in [1.29, 1.82) is 0 Å². The highest BCUT2D eigenvalue weighted by Crippen LogP contribution is 2.37. The van der Waals surface area contributed by atoms with Crippen molar-refractivity contribution in [2.75, 3.05) is 20.8 Å². The summed E-state index contributed by atoms with van der Waals surface area (Å²) in [6.45, 7) is 3.61. The molecule has 0 amide bonds. The Kier molecular flexibility index (Phi) is 8.09. The minimum Gasteiger partial charge on any atom is -0.496 e. The second-order valence-electron chi connectivity index (χ2n) is 8.93. The summed E-state index contributed by atoms with van der Waals surface area (Å²) in [6.07, 6.45) is 1.62. The van der Waals surface area contributed by atoms with Crippen molar-refractivity contribution in [2.45, 2.75) is 19.9 Å². The van der Waals surface area contributed by atoms with Crippen LogP contribution in [0.3, 0.4) is 0 Å². The summed E-state index contributed by atoms with van der Waals surface area (Å²) in [5, 5.41) is 0. The molecule has 0 N–H and O–H groups in total. The molecule has 2 aromatic heterocycles. The Bertz CT molecular complexity index is 1880. The fraction of sp³-hybridized carbons (Fsp3) is 0.200. The van der Waals surface area contributed by atoms with Crippen LogP contribution in [-0.4, -0.2) is 37.3 Å². The van der Waals surface area contributed by atoms with Gasteiger partial charge in [-0.2, -0.15) is 0 Å². The molecule has 5 rings (SSSR count). The average Bonchev–Trinajstić information content (AvgIpc) is 3.56. The quantitative estimate of drug-likeness (QED) is 0.272. The highest BCUT2D eigenvalue weighted by Gasteiger charge is 2.35. The second kappa shape index (κ2) is 11.7. The zero-order valence-corrected chi connectivity index (χ0v) is 25.0. The van der Waals surface area contributed by atoms with Gasteiger partial charge in [-0.1, -0.05) is 45.5 Å². The van der Waals surface area contributed by atoms with Crippen LogP contribution in [0.25, 0.3) is 17.4 Å². The van der Waals surface area contributed by atoms with Crippen molar-refractivity contribution in [1.82, 2.24) is 4.57 Å². The maximum atomic E-state index is 13.9. The van der Waals surface area contributed by atoms with Crippen molar-refractivity contribution in [3.8, 4) is 17.1 Å². The van der Waals surface area contributed by atoms with Crippen molar-refractivity contribution in [3.63, 3.8) is 0 Å². The third-order valence-electron chi connectivity index (χ3n) is 6.50. The van der Waals surface area contributed by atoms with E-state index in [0.717, 1.165) is 4.47 Å². The number of hydrogen-bond donors (Lipinski definition) is 0. The fourth-order valence-corrected chi connectivity index (χ4v) is 6.10. The molecule has 0 spiro atoms. The molecule has 210 valence electrons. The molecule has 1 atom stereocenters. The topological polar surface area (TPSA) is 109 Å². The minimum atomic E-state index is -0.834. The van der Waals surface area contributed by atoms with E-state index in [2.05, 4.69) is 20.9 Å². The van der Waals surface area contributed by atoms with Gasteiger partial charge in [-0.3, -0.25) is 9.36 Å². The lowest BCUT2D eigenvalue weighted by atomic mass is 9.95. The maximum Gasteiger partial charge on any atom is 0.338 e. The van der Waals surface area contributed by atoms with Crippen molar-refractivity contribution >= 4 is 45.3 Å². The molecule has 1 aliphatic heterocycles. The third-order valence-corrected chi connectivity index (χ3v) is 7.98. The highest BCUT2D eigenvalue weighted by atomic mass is 79.9. The molecular weight excluding hydrogens is 612 g/mol. The van der Waals surface area contributed by atoms with Crippen LogP contribution in [0.5, 0.6) is 5.75 Å². The molecule has 11 heteroatoms. The van der Waals surface area contributed by atoms with E-state index in [1.54, 1.807) is 62.4 Å². The number of thiazole rings is 1. The van der Waals surface area contributed by atoms with Crippen LogP contribution in [0, 0.1) is 0 Å². The standard InChI is InChI=1S/C30H25BrN2O7S/c1-5-39-29(36)25-16(2)32-30-33(26(25)21-14-17(31)10-12-22(21)37-3)27(34)24(41-30)15-18-11-13-23(40-18)19-8-6-7-9-20(19)28(35)38-4/h6-15,26H,5H2,1-4H3/b24-15-/t26-/m0/s1. The van der Waals surface area contributed by atoms with E-state index in [9.17, 15) is 14.4 Å².